The van der Waals surface area contributed by atoms with E-state index >= 15 is 0 Å². The zero-order chi connectivity index (χ0) is 14.5. The first-order valence-corrected chi connectivity index (χ1v) is 7.39. The molecule has 5 heteroatoms. The average molecular weight is 277 g/mol. The summed E-state index contributed by atoms with van der Waals surface area (Å²) in [6, 6.07) is 7.72. The smallest absolute Gasteiger partial charge is 0.292 e. The van der Waals surface area contributed by atoms with E-state index in [1.165, 1.54) is 0 Å². The number of para-hydroxylation sites is 2. The molecule has 0 saturated heterocycles. The van der Waals surface area contributed by atoms with Crippen LogP contribution in [-0.4, -0.2) is 23.6 Å². The maximum Gasteiger partial charge on any atom is 0.292 e. The zero-order valence-corrected chi connectivity index (χ0v) is 12.0. The van der Waals surface area contributed by atoms with E-state index in [0.717, 1.165) is 44.3 Å². The molecule has 0 amide bonds. The van der Waals surface area contributed by atoms with Gasteiger partial charge in [-0.05, 0) is 38.2 Å². The maximum atomic E-state index is 11.2. The molecule has 2 N–H and O–H groups in total. The SMILES string of the molecule is CCCN(c1ccccc1[N+](=O)[O-])C1CCC(N)CC1. The second-order valence-corrected chi connectivity index (χ2v) is 5.51. The number of benzene rings is 1. The summed E-state index contributed by atoms with van der Waals surface area (Å²) in [4.78, 5) is 13.2. The van der Waals surface area contributed by atoms with Gasteiger partial charge in [0.15, 0.2) is 0 Å². The van der Waals surface area contributed by atoms with Crippen LogP contribution in [0.5, 0.6) is 0 Å². The fraction of sp³-hybridized carbons (Fsp3) is 0.600. The van der Waals surface area contributed by atoms with Crippen LogP contribution in [0.3, 0.4) is 0 Å². The Labute approximate surface area is 119 Å². The van der Waals surface area contributed by atoms with Crippen LogP contribution in [0.2, 0.25) is 0 Å². The Morgan fingerprint density at radius 2 is 1.95 bits per heavy atom. The molecule has 1 aliphatic rings. The Morgan fingerprint density at radius 1 is 1.30 bits per heavy atom. The molecule has 0 radical (unpaired) electrons. The molecular weight excluding hydrogens is 254 g/mol. The highest BCUT2D eigenvalue weighted by Crippen LogP contribution is 2.33. The lowest BCUT2D eigenvalue weighted by molar-refractivity contribution is -0.384. The Balaban J connectivity index is 2.26. The van der Waals surface area contributed by atoms with Gasteiger partial charge in [-0.25, -0.2) is 0 Å². The lowest BCUT2D eigenvalue weighted by Gasteiger charge is -2.37. The van der Waals surface area contributed by atoms with Crippen LogP contribution < -0.4 is 10.6 Å². The number of hydrogen-bond donors (Lipinski definition) is 1. The minimum atomic E-state index is -0.285. The monoisotopic (exact) mass is 277 g/mol. The van der Waals surface area contributed by atoms with Crippen molar-refractivity contribution < 1.29 is 4.92 Å². The molecule has 0 aliphatic heterocycles. The van der Waals surface area contributed by atoms with E-state index in [-0.39, 0.29) is 10.6 Å². The van der Waals surface area contributed by atoms with E-state index in [1.807, 2.05) is 12.1 Å². The summed E-state index contributed by atoms with van der Waals surface area (Å²) in [5, 5.41) is 11.2. The molecule has 0 unspecified atom stereocenters. The van der Waals surface area contributed by atoms with Crippen LogP contribution in [0.1, 0.15) is 39.0 Å². The molecule has 1 aromatic carbocycles. The zero-order valence-electron chi connectivity index (χ0n) is 12.0. The summed E-state index contributed by atoms with van der Waals surface area (Å²) in [5.74, 6) is 0. The third-order valence-electron chi connectivity index (χ3n) is 4.03. The van der Waals surface area contributed by atoms with Gasteiger partial charge in [-0.1, -0.05) is 19.1 Å². The summed E-state index contributed by atoms with van der Waals surface area (Å²) < 4.78 is 0. The number of nitrogens with two attached hydrogens (primary N) is 1. The molecule has 0 atom stereocenters. The van der Waals surface area contributed by atoms with Gasteiger partial charge in [0.05, 0.1) is 4.92 Å². The number of nitro benzene ring substituents is 1. The van der Waals surface area contributed by atoms with Crippen molar-refractivity contribution in [2.24, 2.45) is 5.73 Å². The minimum absolute atomic E-state index is 0.204. The van der Waals surface area contributed by atoms with Gasteiger partial charge in [-0.3, -0.25) is 10.1 Å². The van der Waals surface area contributed by atoms with Crippen molar-refractivity contribution in [2.45, 2.75) is 51.1 Å². The molecule has 2 rings (SSSR count). The van der Waals surface area contributed by atoms with Crippen molar-refractivity contribution in [3.63, 3.8) is 0 Å². The van der Waals surface area contributed by atoms with Crippen LogP contribution in [0.4, 0.5) is 11.4 Å². The summed E-state index contributed by atoms with van der Waals surface area (Å²) >= 11 is 0. The highest BCUT2D eigenvalue weighted by Gasteiger charge is 2.27. The van der Waals surface area contributed by atoms with E-state index in [4.69, 9.17) is 5.73 Å². The fourth-order valence-corrected chi connectivity index (χ4v) is 3.02. The molecule has 110 valence electrons. The van der Waals surface area contributed by atoms with E-state index in [2.05, 4.69) is 11.8 Å². The standard InChI is InChI=1S/C15H23N3O2/c1-2-11-17(13-9-7-12(16)8-10-13)14-5-3-4-6-15(14)18(19)20/h3-6,12-13H,2,7-11,16H2,1H3. The number of nitrogens with zero attached hydrogens (tertiary/aromatic N) is 2. The molecule has 0 bridgehead atoms. The number of nitro groups is 1. The van der Waals surface area contributed by atoms with Crippen LogP contribution in [0.25, 0.3) is 0 Å². The van der Waals surface area contributed by atoms with Gasteiger partial charge in [0.2, 0.25) is 0 Å². The molecule has 1 aliphatic carbocycles. The predicted molar refractivity (Wildman–Crippen MR) is 81.0 cm³/mol. The predicted octanol–water partition coefficient (Wildman–Crippen LogP) is 3.08. The third-order valence-corrected chi connectivity index (χ3v) is 4.03. The van der Waals surface area contributed by atoms with E-state index in [0.29, 0.717) is 12.1 Å². The van der Waals surface area contributed by atoms with Crippen LogP contribution >= 0.6 is 0 Å². The second kappa shape index (κ2) is 6.70. The Hall–Kier alpha value is -1.62. The van der Waals surface area contributed by atoms with Gasteiger partial charge in [0.1, 0.15) is 5.69 Å². The normalized spacial score (nSPS) is 22.5. The van der Waals surface area contributed by atoms with Gasteiger partial charge >= 0.3 is 0 Å². The van der Waals surface area contributed by atoms with Crippen molar-refractivity contribution in [3.8, 4) is 0 Å². The quantitative estimate of drug-likeness (QED) is 0.663. The van der Waals surface area contributed by atoms with E-state index in [1.54, 1.807) is 12.1 Å². The van der Waals surface area contributed by atoms with Crippen molar-refractivity contribution in [2.75, 3.05) is 11.4 Å². The van der Waals surface area contributed by atoms with E-state index < -0.39 is 0 Å². The number of rotatable bonds is 5. The van der Waals surface area contributed by atoms with Gasteiger partial charge in [-0.15, -0.1) is 0 Å². The number of hydrogen-bond acceptors (Lipinski definition) is 4. The summed E-state index contributed by atoms with van der Waals surface area (Å²) in [7, 11) is 0. The molecule has 1 aromatic rings. The van der Waals surface area contributed by atoms with Crippen LogP contribution in [0.15, 0.2) is 24.3 Å². The Bertz CT molecular complexity index is 456. The summed E-state index contributed by atoms with van der Waals surface area (Å²) in [6.45, 7) is 2.96. The molecule has 1 saturated carbocycles. The molecule has 20 heavy (non-hydrogen) atoms. The van der Waals surface area contributed by atoms with Crippen molar-refractivity contribution in [1.82, 2.24) is 0 Å². The first kappa shape index (κ1) is 14.8. The topological polar surface area (TPSA) is 72.4 Å². The van der Waals surface area contributed by atoms with Crippen LogP contribution in [0, 0.1) is 10.1 Å². The van der Waals surface area contributed by atoms with Gasteiger partial charge < -0.3 is 10.6 Å². The Kier molecular flexibility index (Phi) is 4.95. The van der Waals surface area contributed by atoms with Gasteiger partial charge in [-0.2, -0.15) is 0 Å². The van der Waals surface area contributed by atoms with Gasteiger partial charge in [0.25, 0.3) is 5.69 Å². The molecule has 1 fully saturated rings. The summed E-state index contributed by atoms with van der Waals surface area (Å²) in [6.07, 6.45) is 5.03. The highest BCUT2D eigenvalue weighted by molar-refractivity contribution is 5.63. The van der Waals surface area contributed by atoms with Crippen molar-refractivity contribution in [3.05, 3.63) is 34.4 Å². The maximum absolute atomic E-state index is 11.2. The lowest BCUT2D eigenvalue weighted by atomic mass is 9.90. The molecule has 0 aromatic heterocycles. The third kappa shape index (κ3) is 3.28. The first-order chi connectivity index (χ1) is 9.63. The van der Waals surface area contributed by atoms with E-state index in [9.17, 15) is 10.1 Å². The second-order valence-electron chi connectivity index (χ2n) is 5.51. The summed E-state index contributed by atoms with van der Waals surface area (Å²) in [5.41, 5.74) is 6.92. The fourth-order valence-electron chi connectivity index (χ4n) is 3.02. The highest BCUT2D eigenvalue weighted by atomic mass is 16.6. The van der Waals surface area contributed by atoms with Crippen LogP contribution in [-0.2, 0) is 0 Å². The van der Waals surface area contributed by atoms with Crippen molar-refractivity contribution in [1.29, 1.82) is 0 Å². The molecular formula is C15H23N3O2. The average Bonchev–Trinajstić information content (AvgIpc) is 2.46. The number of anilines is 1. The van der Waals surface area contributed by atoms with Crippen molar-refractivity contribution >= 4 is 11.4 Å². The minimum Gasteiger partial charge on any atom is -0.363 e. The lowest BCUT2D eigenvalue weighted by Crippen LogP contribution is -2.41. The molecule has 0 spiro atoms. The molecule has 0 heterocycles. The Morgan fingerprint density at radius 3 is 2.55 bits per heavy atom. The van der Waals surface area contributed by atoms with Gasteiger partial charge in [0, 0.05) is 24.7 Å². The largest absolute Gasteiger partial charge is 0.363 e. The first-order valence-electron chi connectivity index (χ1n) is 7.39. The molecule has 5 nitrogen and oxygen atoms in total.